The number of halogens is 1. The Bertz CT molecular complexity index is 709. The van der Waals surface area contributed by atoms with Gasteiger partial charge in [0, 0.05) is 24.2 Å². The van der Waals surface area contributed by atoms with Gasteiger partial charge in [-0.25, -0.2) is 0 Å². The summed E-state index contributed by atoms with van der Waals surface area (Å²) in [7, 11) is 0. The van der Waals surface area contributed by atoms with Crippen LogP contribution < -0.4 is 14.8 Å². The van der Waals surface area contributed by atoms with Crippen molar-refractivity contribution in [3.8, 4) is 11.5 Å². The van der Waals surface area contributed by atoms with Crippen molar-refractivity contribution in [3.05, 3.63) is 58.1 Å². The molecule has 0 aliphatic heterocycles. The second-order valence-corrected chi connectivity index (χ2v) is 6.52. The molecule has 2 N–H and O–H groups in total. The molecule has 0 saturated heterocycles. The molecule has 0 bridgehead atoms. The van der Waals surface area contributed by atoms with Crippen LogP contribution in [0, 0.1) is 6.92 Å². The molecule has 5 nitrogen and oxygen atoms in total. The number of aliphatic hydroxyl groups excluding tert-OH is 1. The summed E-state index contributed by atoms with van der Waals surface area (Å²) in [5.74, 6) is 1.32. The van der Waals surface area contributed by atoms with Crippen LogP contribution in [-0.4, -0.2) is 38.1 Å². The van der Waals surface area contributed by atoms with Crippen molar-refractivity contribution in [2.45, 2.75) is 27.0 Å². The number of benzene rings is 2. The first-order chi connectivity index (χ1) is 13.1. The van der Waals surface area contributed by atoms with E-state index in [1.54, 1.807) is 0 Å². The quantitative estimate of drug-likeness (QED) is 0.538. The van der Waals surface area contributed by atoms with Crippen LogP contribution in [0.1, 0.15) is 23.6 Å². The number of hydrogen-bond acceptors (Lipinski definition) is 5. The third-order valence-corrected chi connectivity index (χ3v) is 4.22. The fraction of sp³-hybridized carbons (Fsp3) is 0.429. The topological polar surface area (TPSA) is 60.0 Å². The molecule has 0 aliphatic carbocycles. The van der Waals surface area contributed by atoms with E-state index in [2.05, 4.69) is 24.4 Å². The van der Waals surface area contributed by atoms with E-state index >= 15 is 0 Å². The van der Waals surface area contributed by atoms with Gasteiger partial charge in [-0.2, -0.15) is 0 Å². The summed E-state index contributed by atoms with van der Waals surface area (Å²) in [5.41, 5.74) is 3.23. The fourth-order valence-corrected chi connectivity index (χ4v) is 2.81. The maximum Gasteiger partial charge on any atom is 0.163 e. The zero-order valence-electron chi connectivity index (χ0n) is 16.0. The Labute approximate surface area is 166 Å². The van der Waals surface area contributed by atoms with Crippen LogP contribution in [0.4, 0.5) is 0 Å². The van der Waals surface area contributed by atoms with Crippen molar-refractivity contribution in [1.82, 2.24) is 5.32 Å². The third kappa shape index (κ3) is 7.39. The predicted molar refractivity (Wildman–Crippen MR) is 108 cm³/mol. The molecule has 6 heteroatoms. The summed E-state index contributed by atoms with van der Waals surface area (Å²) in [5, 5.41) is 12.6. The number of aryl methyl sites for hydroxylation is 1. The molecule has 0 amide bonds. The lowest BCUT2D eigenvalue weighted by Gasteiger charge is -2.15. The second-order valence-electron chi connectivity index (χ2n) is 6.11. The van der Waals surface area contributed by atoms with Gasteiger partial charge < -0.3 is 24.6 Å². The molecule has 0 heterocycles. The third-order valence-electron chi connectivity index (χ3n) is 3.86. The zero-order valence-corrected chi connectivity index (χ0v) is 16.7. The summed E-state index contributed by atoms with van der Waals surface area (Å²) in [4.78, 5) is 0. The lowest BCUT2D eigenvalue weighted by atomic mass is 10.1. The monoisotopic (exact) mass is 393 g/mol. The van der Waals surface area contributed by atoms with Crippen molar-refractivity contribution < 1.29 is 19.3 Å². The Hall–Kier alpha value is -1.79. The van der Waals surface area contributed by atoms with E-state index in [0.717, 1.165) is 11.1 Å². The van der Waals surface area contributed by atoms with Gasteiger partial charge in [0.2, 0.25) is 0 Å². The van der Waals surface area contributed by atoms with Crippen molar-refractivity contribution in [2.75, 3.05) is 33.0 Å². The molecule has 2 aromatic carbocycles. The van der Waals surface area contributed by atoms with Crippen LogP contribution in [0.2, 0.25) is 5.02 Å². The molecule has 0 fully saturated rings. The van der Waals surface area contributed by atoms with Gasteiger partial charge in [-0.1, -0.05) is 41.4 Å². The van der Waals surface area contributed by atoms with Gasteiger partial charge in [0.1, 0.15) is 6.61 Å². The number of hydrogen-bond donors (Lipinski definition) is 2. The molecule has 0 aliphatic rings. The summed E-state index contributed by atoms with van der Waals surface area (Å²) in [6.07, 6.45) is 0. The highest BCUT2D eigenvalue weighted by molar-refractivity contribution is 6.31. The predicted octanol–water partition coefficient (Wildman–Crippen LogP) is 3.72. The van der Waals surface area contributed by atoms with E-state index < -0.39 is 0 Å². The number of nitrogens with one attached hydrogen (secondary N) is 1. The van der Waals surface area contributed by atoms with E-state index in [1.807, 2.05) is 31.2 Å². The summed E-state index contributed by atoms with van der Waals surface area (Å²) < 4.78 is 16.9. The van der Waals surface area contributed by atoms with Gasteiger partial charge in [0.05, 0.1) is 26.4 Å². The molecular weight excluding hydrogens is 366 g/mol. The van der Waals surface area contributed by atoms with Crippen LogP contribution in [0.25, 0.3) is 0 Å². The van der Waals surface area contributed by atoms with E-state index in [0.29, 0.717) is 56.0 Å². The highest BCUT2D eigenvalue weighted by Crippen LogP contribution is 2.34. The molecule has 2 aromatic rings. The largest absolute Gasteiger partial charge is 0.490 e. The number of rotatable bonds is 12. The first kappa shape index (κ1) is 21.5. The molecule has 0 radical (unpaired) electrons. The van der Waals surface area contributed by atoms with Crippen molar-refractivity contribution in [1.29, 1.82) is 0 Å². The Morgan fingerprint density at radius 2 is 1.89 bits per heavy atom. The molecule has 0 unspecified atom stereocenters. The first-order valence-electron chi connectivity index (χ1n) is 9.17. The molecule has 0 aromatic heterocycles. The minimum atomic E-state index is 0.0353. The molecule has 0 saturated carbocycles. The van der Waals surface area contributed by atoms with E-state index in [1.165, 1.54) is 5.56 Å². The Morgan fingerprint density at radius 3 is 2.63 bits per heavy atom. The normalized spacial score (nSPS) is 10.8. The van der Waals surface area contributed by atoms with Crippen LogP contribution >= 0.6 is 11.6 Å². The van der Waals surface area contributed by atoms with Crippen molar-refractivity contribution in [2.24, 2.45) is 0 Å². The van der Waals surface area contributed by atoms with Gasteiger partial charge in [0.15, 0.2) is 11.5 Å². The van der Waals surface area contributed by atoms with E-state index in [4.69, 9.17) is 30.9 Å². The SMILES string of the molecule is CCOc1cc(CNCCOCCO)c(Cl)cc1OCc1cccc(C)c1. The van der Waals surface area contributed by atoms with Crippen molar-refractivity contribution in [3.63, 3.8) is 0 Å². The number of ether oxygens (including phenoxy) is 3. The standard InChI is InChI=1S/C21H28ClNO4/c1-3-26-20-12-18(14-23-7-9-25-10-8-24)19(22)13-21(20)27-15-17-6-4-5-16(2)11-17/h4-6,11-13,23-24H,3,7-10,14-15H2,1-2H3. The highest BCUT2D eigenvalue weighted by atomic mass is 35.5. The van der Waals surface area contributed by atoms with Crippen LogP contribution in [0.3, 0.4) is 0 Å². The summed E-state index contributed by atoms with van der Waals surface area (Å²) in [6, 6.07) is 11.9. The zero-order chi connectivity index (χ0) is 19.5. The van der Waals surface area contributed by atoms with Gasteiger partial charge in [-0.05, 0) is 31.0 Å². The smallest absolute Gasteiger partial charge is 0.163 e. The molecule has 0 atom stereocenters. The van der Waals surface area contributed by atoms with Crippen LogP contribution in [0.15, 0.2) is 36.4 Å². The van der Waals surface area contributed by atoms with E-state index in [9.17, 15) is 0 Å². The van der Waals surface area contributed by atoms with Crippen LogP contribution in [0.5, 0.6) is 11.5 Å². The minimum Gasteiger partial charge on any atom is -0.490 e. The maximum atomic E-state index is 8.69. The first-order valence-corrected chi connectivity index (χ1v) is 9.54. The molecule has 148 valence electrons. The van der Waals surface area contributed by atoms with E-state index in [-0.39, 0.29) is 6.61 Å². The summed E-state index contributed by atoms with van der Waals surface area (Å²) in [6.45, 7) is 7.19. The fourth-order valence-electron chi connectivity index (χ4n) is 2.59. The Kier molecular flexibility index (Phi) is 9.42. The minimum absolute atomic E-state index is 0.0353. The molecular formula is C21H28ClNO4. The van der Waals surface area contributed by atoms with Gasteiger partial charge in [-0.3, -0.25) is 0 Å². The lowest BCUT2D eigenvalue weighted by Crippen LogP contribution is -2.20. The highest BCUT2D eigenvalue weighted by Gasteiger charge is 2.11. The lowest BCUT2D eigenvalue weighted by molar-refractivity contribution is 0.0938. The Morgan fingerprint density at radius 1 is 1.07 bits per heavy atom. The average Bonchev–Trinajstić information content (AvgIpc) is 2.65. The number of aliphatic hydroxyl groups is 1. The molecule has 2 rings (SSSR count). The Balaban J connectivity index is 1.99. The van der Waals surface area contributed by atoms with Gasteiger partial charge >= 0.3 is 0 Å². The summed E-state index contributed by atoms with van der Waals surface area (Å²) >= 11 is 6.43. The maximum absolute atomic E-state index is 8.69. The van der Waals surface area contributed by atoms with Crippen LogP contribution in [-0.2, 0) is 17.9 Å². The average molecular weight is 394 g/mol. The second kappa shape index (κ2) is 11.8. The molecule has 0 spiro atoms. The van der Waals surface area contributed by atoms with Gasteiger partial charge in [-0.15, -0.1) is 0 Å². The molecule has 27 heavy (non-hydrogen) atoms. The van der Waals surface area contributed by atoms with Crippen molar-refractivity contribution >= 4 is 11.6 Å². The van der Waals surface area contributed by atoms with Gasteiger partial charge in [0.25, 0.3) is 0 Å².